The first kappa shape index (κ1) is 18.4. The van der Waals surface area contributed by atoms with Gasteiger partial charge in [-0.05, 0) is 53.4 Å². The topological polar surface area (TPSA) is 93.0 Å². The van der Waals surface area contributed by atoms with Crippen LogP contribution in [0.2, 0.25) is 0 Å². The molecule has 0 amide bonds. The molecule has 2 N–H and O–H groups in total. The first-order valence-electron chi connectivity index (χ1n) is 9.70. The molecule has 4 heterocycles. The van der Waals surface area contributed by atoms with Gasteiger partial charge in [0.15, 0.2) is 5.82 Å². The molecule has 9 nitrogen and oxygen atoms in total. The quantitative estimate of drug-likeness (QED) is 0.711. The average Bonchev–Trinajstić information content (AvgIpc) is 3.37. The fourth-order valence-electron chi connectivity index (χ4n) is 4.31. The van der Waals surface area contributed by atoms with E-state index in [0.717, 1.165) is 32.0 Å². The molecule has 3 unspecified atom stereocenters. The summed E-state index contributed by atoms with van der Waals surface area (Å²) >= 11 is 0. The van der Waals surface area contributed by atoms with Gasteiger partial charge in [0, 0.05) is 44.6 Å². The highest BCUT2D eigenvalue weighted by molar-refractivity contribution is 5.21. The minimum Gasteiger partial charge on any atom is -0.383 e. The number of nitrogens with one attached hydrogen (secondary N) is 2. The fourth-order valence-corrected chi connectivity index (χ4v) is 4.31. The second-order valence-corrected chi connectivity index (χ2v) is 7.39. The Bertz CT molecular complexity index is 708. The molecule has 2 saturated heterocycles. The van der Waals surface area contributed by atoms with Crippen LogP contribution in [0, 0.1) is 5.92 Å². The summed E-state index contributed by atoms with van der Waals surface area (Å²) in [4.78, 5) is 6.64. The van der Waals surface area contributed by atoms with Crippen LogP contribution in [0.15, 0.2) is 24.5 Å². The summed E-state index contributed by atoms with van der Waals surface area (Å²) in [6.45, 7) is 5.19. The molecule has 3 atom stereocenters. The summed E-state index contributed by atoms with van der Waals surface area (Å²) in [6.07, 6.45) is 6.22. The molecule has 0 saturated carbocycles. The van der Waals surface area contributed by atoms with E-state index in [1.165, 1.54) is 18.4 Å². The molecule has 0 bridgehead atoms. The Morgan fingerprint density at radius 1 is 1.30 bits per heavy atom. The minimum absolute atomic E-state index is 0.430. The van der Waals surface area contributed by atoms with Crippen LogP contribution < -0.4 is 10.9 Å². The molecule has 0 spiro atoms. The van der Waals surface area contributed by atoms with E-state index in [1.807, 2.05) is 17.1 Å². The summed E-state index contributed by atoms with van der Waals surface area (Å²) in [5, 5.41) is 12.1. The molecule has 9 heteroatoms. The van der Waals surface area contributed by atoms with E-state index in [0.29, 0.717) is 31.0 Å². The van der Waals surface area contributed by atoms with Crippen LogP contribution in [0.5, 0.6) is 0 Å². The number of piperidine rings is 1. The SMILES string of the molecule is COCCn1nnnc1CN1CCCC(C2NNCC2c2ccncc2)C1. The second-order valence-electron chi connectivity index (χ2n) is 7.39. The first-order chi connectivity index (χ1) is 13.3. The third-order valence-electron chi connectivity index (χ3n) is 5.69. The van der Waals surface area contributed by atoms with E-state index in [1.54, 1.807) is 7.11 Å². The van der Waals surface area contributed by atoms with Crippen LogP contribution in [0.25, 0.3) is 0 Å². The number of rotatable bonds is 7. The monoisotopic (exact) mass is 372 g/mol. The van der Waals surface area contributed by atoms with Gasteiger partial charge in [-0.2, -0.15) is 0 Å². The number of hydrogen-bond donors (Lipinski definition) is 2. The van der Waals surface area contributed by atoms with Gasteiger partial charge in [-0.3, -0.25) is 20.7 Å². The third kappa shape index (κ3) is 4.32. The normalized spacial score (nSPS) is 26.5. The zero-order valence-electron chi connectivity index (χ0n) is 15.8. The number of tetrazole rings is 1. The largest absolute Gasteiger partial charge is 0.383 e. The fraction of sp³-hybridized carbons (Fsp3) is 0.667. The maximum Gasteiger partial charge on any atom is 0.165 e. The number of pyridine rings is 1. The van der Waals surface area contributed by atoms with Crippen molar-refractivity contribution in [2.75, 3.05) is 33.4 Å². The maximum atomic E-state index is 5.15. The molecule has 146 valence electrons. The van der Waals surface area contributed by atoms with Gasteiger partial charge < -0.3 is 4.74 Å². The minimum atomic E-state index is 0.430. The summed E-state index contributed by atoms with van der Waals surface area (Å²) in [7, 11) is 1.70. The third-order valence-corrected chi connectivity index (χ3v) is 5.69. The van der Waals surface area contributed by atoms with Crippen LogP contribution in [-0.4, -0.2) is 69.5 Å². The number of hydrazine groups is 1. The van der Waals surface area contributed by atoms with Crippen LogP contribution in [0.1, 0.15) is 30.1 Å². The molecular weight excluding hydrogens is 344 g/mol. The number of likely N-dealkylation sites (tertiary alicyclic amines) is 1. The van der Waals surface area contributed by atoms with E-state index in [9.17, 15) is 0 Å². The average molecular weight is 372 g/mol. The number of hydrogen-bond acceptors (Lipinski definition) is 8. The summed E-state index contributed by atoms with van der Waals surface area (Å²) < 4.78 is 7.00. The van der Waals surface area contributed by atoms with E-state index in [2.05, 4.69) is 48.4 Å². The van der Waals surface area contributed by atoms with Gasteiger partial charge in [-0.15, -0.1) is 5.10 Å². The highest BCUT2D eigenvalue weighted by Gasteiger charge is 2.36. The smallest absolute Gasteiger partial charge is 0.165 e. The summed E-state index contributed by atoms with van der Waals surface area (Å²) in [5.41, 5.74) is 8.26. The van der Waals surface area contributed by atoms with Crippen molar-refractivity contribution in [3.8, 4) is 0 Å². The molecule has 27 heavy (non-hydrogen) atoms. The van der Waals surface area contributed by atoms with Crippen LogP contribution in [-0.2, 0) is 17.8 Å². The Kier molecular flexibility index (Phi) is 6.03. The maximum absolute atomic E-state index is 5.15. The lowest BCUT2D eigenvalue weighted by molar-refractivity contribution is 0.133. The van der Waals surface area contributed by atoms with Crippen molar-refractivity contribution in [1.29, 1.82) is 0 Å². The molecule has 2 aromatic rings. The van der Waals surface area contributed by atoms with Crippen molar-refractivity contribution in [3.63, 3.8) is 0 Å². The Labute approximate surface area is 159 Å². The van der Waals surface area contributed by atoms with Crippen LogP contribution in [0.4, 0.5) is 0 Å². The highest BCUT2D eigenvalue weighted by Crippen LogP contribution is 2.31. The molecule has 0 aromatic carbocycles. The highest BCUT2D eigenvalue weighted by atomic mass is 16.5. The lowest BCUT2D eigenvalue weighted by Gasteiger charge is -2.37. The molecule has 2 aliphatic rings. The van der Waals surface area contributed by atoms with Crippen LogP contribution in [0.3, 0.4) is 0 Å². The first-order valence-corrected chi connectivity index (χ1v) is 9.70. The van der Waals surface area contributed by atoms with Crippen molar-refractivity contribution in [3.05, 3.63) is 35.9 Å². The van der Waals surface area contributed by atoms with E-state index >= 15 is 0 Å². The van der Waals surface area contributed by atoms with E-state index in [4.69, 9.17) is 4.74 Å². The van der Waals surface area contributed by atoms with Gasteiger partial charge in [-0.1, -0.05) is 0 Å². The summed E-state index contributed by atoms with van der Waals surface area (Å²) in [6, 6.07) is 4.70. The second kappa shape index (κ2) is 8.83. The van der Waals surface area contributed by atoms with E-state index in [-0.39, 0.29) is 0 Å². The molecular formula is C18H28N8O. The predicted octanol–water partition coefficient (Wildman–Crippen LogP) is 0.187. The molecule has 0 aliphatic carbocycles. The predicted molar refractivity (Wildman–Crippen MR) is 99.6 cm³/mol. The van der Waals surface area contributed by atoms with E-state index < -0.39 is 0 Å². The number of nitrogens with zero attached hydrogens (tertiary/aromatic N) is 6. The van der Waals surface area contributed by atoms with Gasteiger partial charge >= 0.3 is 0 Å². The Balaban J connectivity index is 1.40. The lowest BCUT2D eigenvalue weighted by atomic mass is 9.81. The standard InChI is InChI=1S/C18H28N8O/c1-27-10-9-26-17(21-23-24-26)13-25-8-2-3-15(12-25)18-16(11-20-22-18)14-4-6-19-7-5-14/h4-7,15-16,18,20,22H,2-3,8-13H2,1H3. The zero-order valence-corrected chi connectivity index (χ0v) is 15.8. The number of methoxy groups -OCH3 is 1. The Hall–Kier alpha value is -1.94. The van der Waals surface area contributed by atoms with Crippen molar-refractivity contribution >= 4 is 0 Å². The number of aromatic nitrogens is 5. The molecule has 0 radical (unpaired) electrons. The van der Waals surface area contributed by atoms with Gasteiger partial charge in [0.25, 0.3) is 0 Å². The summed E-state index contributed by atoms with van der Waals surface area (Å²) in [5.74, 6) is 1.98. The van der Waals surface area contributed by atoms with Crippen molar-refractivity contribution in [2.45, 2.75) is 37.9 Å². The Morgan fingerprint density at radius 3 is 3.04 bits per heavy atom. The van der Waals surface area contributed by atoms with Crippen LogP contribution >= 0.6 is 0 Å². The van der Waals surface area contributed by atoms with Gasteiger partial charge in [-0.25, -0.2) is 4.68 Å². The van der Waals surface area contributed by atoms with Crippen molar-refractivity contribution in [1.82, 2.24) is 40.9 Å². The molecule has 2 aliphatic heterocycles. The van der Waals surface area contributed by atoms with Crippen molar-refractivity contribution < 1.29 is 4.74 Å². The van der Waals surface area contributed by atoms with Gasteiger partial charge in [0.05, 0.1) is 19.7 Å². The van der Waals surface area contributed by atoms with Crippen molar-refractivity contribution in [2.24, 2.45) is 5.92 Å². The van der Waals surface area contributed by atoms with Gasteiger partial charge in [0.1, 0.15) is 0 Å². The molecule has 2 fully saturated rings. The Morgan fingerprint density at radius 2 is 2.19 bits per heavy atom. The molecule has 4 rings (SSSR count). The zero-order chi connectivity index (χ0) is 18.5. The lowest BCUT2D eigenvalue weighted by Crippen LogP contribution is -2.46. The molecule has 2 aromatic heterocycles. The van der Waals surface area contributed by atoms with Gasteiger partial charge in [0.2, 0.25) is 0 Å². The number of ether oxygens (including phenoxy) is 1.